The summed E-state index contributed by atoms with van der Waals surface area (Å²) in [5, 5.41) is 0. The molecule has 2 aromatic heterocycles. The van der Waals surface area contributed by atoms with Gasteiger partial charge in [-0.2, -0.15) is 0 Å². The number of carbonyl (C=O) groups excluding carboxylic acids is 1. The molecule has 0 N–H and O–H groups in total. The summed E-state index contributed by atoms with van der Waals surface area (Å²) < 4.78 is 10.7. The summed E-state index contributed by atoms with van der Waals surface area (Å²) in [6.45, 7) is 0. The number of anilines is 3. The maximum atomic E-state index is 11.0. The van der Waals surface area contributed by atoms with Gasteiger partial charge in [-0.3, -0.25) is 4.79 Å². The van der Waals surface area contributed by atoms with Crippen LogP contribution in [0.25, 0.3) is 20.2 Å². The zero-order valence-corrected chi connectivity index (χ0v) is 20.9. The first-order valence-corrected chi connectivity index (χ1v) is 12.7. The average Bonchev–Trinajstić information content (AvgIpc) is 3.60. The Kier molecular flexibility index (Phi) is 6.66. The number of rotatable bonds is 8. The normalized spacial score (nSPS) is 10.7. The lowest BCUT2D eigenvalue weighted by Crippen LogP contribution is -2.09. The Hall–Kier alpha value is -3.87. The van der Waals surface area contributed by atoms with Crippen molar-refractivity contribution in [2.75, 3.05) is 19.1 Å². The summed E-state index contributed by atoms with van der Waals surface area (Å²) in [6.07, 6.45) is 0.902. The van der Waals surface area contributed by atoms with Gasteiger partial charge in [-0.05, 0) is 90.5 Å². The Labute approximate surface area is 212 Å². The van der Waals surface area contributed by atoms with Crippen LogP contribution in [0.2, 0.25) is 0 Å². The topological polar surface area (TPSA) is 38.8 Å². The van der Waals surface area contributed by atoms with Crippen molar-refractivity contribution in [3.8, 4) is 31.7 Å². The van der Waals surface area contributed by atoms with Crippen molar-refractivity contribution in [2.24, 2.45) is 0 Å². The second-order valence-corrected chi connectivity index (χ2v) is 9.96. The maximum absolute atomic E-state index is 11.0. The van der Waals surface area contributed by atoms with E-state index in [4.69, 9.17) is 9.47 Å². The Balaban J connectivity index is 1.47. The number of hydrogen-bond acceptors (Lipinski definition) is 6. The SMILES string of the molecule is COc1ccc(N(c2ccc(OC)cc2)c2ccc(-c3ccc(-c4ccc(C=O)s4)s3)cc2)cc1. The molecule has 0 aliphatic carbocycles. The van der Waals surface area contributed by atoms with Crippen molar-refractivity contribution >= 4 is 46.0 Å². The maximum Gasteiger partial charge on any atom is 0.160 e. The fraction of sp³-hybridized carbons (Fsp3) is 0.0690. The van der Waals surface area contributed by atoms with Crippen molar-refractivity contribution in [3.63, 3.8) is 0 Å². The number of ether oxygens (including phenoxy) is 2. The highest BCUT2D eigenvalue weighted by Crippen LogP contribution is 2.40. The van der Waals surface area contributed by atoms with Crippen molar-refractivity contribution in [1.82, 2.24) is 0 Å². The molecule has 3 aromatic carbocycles. The van der Waals surface area contributed by atoms with Gasteiger partial charge < -0.3 is 14.4 Å². The third-order valence-corrected chi connectivity index (χ3v) is 8.00. The number of methoxy groups -OCH3 is 2. The second kappa shape index (κ2) is 10.2. The molecule has 174 valence electrons. The molecule has 4 nitrogen and oxygen atoms in total. The lowest BCUT2D eigenvalue weighted by Gasteiger charge is -2.26. The number of benzene rings is 3. The Morgan fingerprint density at radius 3 is 1.51 bits per heavy atom. The van der Waals surface area contributed by atoms with Gasteiger partial charge in [0.25, 0.3) is 0 Å². The van der Waals surface area contributed by atoms with Crippen LogP contribution in [0, 0.1) is 0 Å². The van der Waals surface area contributed by atoms with Crippen molar-refractivity contribution < 1.29 is 14.3 Å². The predicted octanol–water partition coefficient (Wildman–Crippen LogP) is 8.44. The number of nitrogens with zero attached hydrogens (tertiary/aromatic N) is 1. The van der Waals surface area contributed by atoms with Crippen LogP contribution in [0.3, 0.4) is 0 Å². The molecule has 0 fully saturated rings. The van der Waals surface area contributed by atoms with Gasteiger partial charge in [0.1, 0.15) is 11.5 Å². The fourth-order valence-corrected chi connectivity index (χ4v) is 5.78. The van der Waals surface area contributed by atoms with E-state index >= 15 is 0 Å². The number of thiophene rings is 2. The van der Waals surface area contributed by atoms with Gasteiger partial charge in [0.15, 0.2) is 6.29 Å². The molecule has 0 spiro atoms. The first kappa shape index (κ1) is 22.9. The van der Waals surface area contributed by atoms with Crippen LogP contribution in [0.5, 0.6) is 11.5 Å². The molecule has 6 heteroatoms. The number of aldehydes is 1. The first-order chi connectivity index (χ1) is 17.2. The minimum Gasteiger partial charge on any atom is -0.497 e. The summed E-state index contributed by atoms with van der Waals surface area (Å²) in [7, 11) is 3.34. The molecule has 0 saturated carbocycles. The molecule has 5 rings (SSSR count). The lowest BCUT2D eigenvalue weighted by atomic mass is 10.1. The van der Waals surface area contributed by atoms with E-state index < -0.39 is 0 Å². The van der Waals surface area contributed by atoms with Gasteiger partial charge in [0.05, 0.1) is 19.1 Å². The zero-order valence-electron chi connectivity index (χ0n) is 19.3. The molecular formula is C29H23NO3S2. The largest absolute Gasteiger partial charge is 0.497 e. The lowest BCUT2D eigenvalue weighted by molar-refractivity contribution is 0.112. The molecule has 0 bridgehead atoms. The monoisotopic (exact) mass is 497 g/mol. The quantitative estimate of drug-likeness (QED) is 0.202. The van der Waals surface area contributed by atoms with E-state index in [0.29, 0.717) is 0 Å². The molecular weight excluding hydrogens is 474 g/mol. The van der Waals surface area contributed by atoms with Crippen molar-refractivity contribution in [3.05, 3.63) is 102 Å². The van der Waals surface area contributed by atoms with E-state index in [0.717, 1.165) is 50.2 Å². The smallest absolute Gasteiger partial charge is 0.160 e. The van der Waals surface area contributed by atoms with E-state index in [1.165, 1.54) is 21.1 Å². The molecule has 0 radical (unpaired) electrons. The van der Waals surface area contributed by atoms with Crippen molar-refractivity contribution in [1.29, 1.82) is 0 Å². The van der Waals surface area contributed by atoms with Crippen LogP contribution in [0.15, 0.2) is 97.1 Å². The van der Waals surface area contributed by atoms with E-state index in [9.17, 15) is 4.79 Å². The average molecular weight is 498 g/mol. The summed E-state index contributed by atoms with van der Waals surface area (Å²) in [4.78, 5) is 17.5. The predicted molar refractivity (Wildman–Crippen MR) is 146 cm³/mol. The molecule has 2 heterocycles. The van der Waals surface area contributed by atoms with Crippen molar-refractivity contribution in [2.45, 2.75) is 0 Å². The van der Waals surface area contributed by atoms with Gasteiger partial charge in [0, 0.05) is 31.7 Å². The van der Waals surface area contributed by atoms with Crippen LogP contribution < -0.4 is 14.4 Å². The highest BCUT2D eigenvalue weighted by Gasteiger charge is 2.14. The molecule has 0 saturated heterocycles. The second-order valence-electron chi connectivity index (χ2n) is 7.76. The first-order valence-electron chi connectivity index (χ1n) is 11.0. The Morgan fingerprint density at radius 1 is 0.571 bits per heavy atom. The van der Waals surface area contributed by atoms with Gasteiger partial charge in [-0.25, -0.2) is 0 Å². The highest BCUT2D eigenvalue weighted by atomic mass is 32.1. The fourth-order valence-electron chi connectivity index (χ4n) is 3.86. The molecule has 0 amide bonds. The van der Waals surface area contributed by atoms with Gasteiger partial charge in [-0.15, -0.1) is 22.7 Å². The Morgan fingerprint density at radius 2 is 1.03 bits per heavy atom. The van der Waals surface area contributed by atoms with E-state index in [-0.39, 0.29) is 0 Å². The van der Waals surface area contributed by atoms with E-state index in [1.807, 2.05) is 36.4 Å². The van der Waals surface area contributed by atoms with E-state index in [2.05, 4.69) is 65.6 Å². The Bertz CT molecular complexity index is 1370. The van der Waals surface area contributed by atoms with Gasteiger partial charge in [-0.1, -0.05) is 12.1 Å². The minimum absolute atomic E-state index is 0.747. The van der Waals surface area contributed by atoms with Crippen LogP contribution >= 0.6 is 22.7 Å². The van der Waals surface area contributed by atoms with Gasteiger partial charge in [0.2, 0.25) is 0 Å². The summed E-state index contributed by atoms with van der Waals surface area (Å²) in [5.74, 6) is 1.64. The molecule has 0 atom stereocenters. The third kappa shape index (κ3) is 4.85. The number of carbonyl (C=O) groups is 1. The van der Waals surface area contributed by atoms with Crippen LogP contribution in [0.4, 0.5) is 17.1 Å². The van der Waals surface area contributed by atoms with Gasteiger partial charge >= 0.3 is 0 Å². The summed E-state index contributed by atoms with van der Waals surface area (Å²) >= 11 is 3.25. The molecule has 35 heavy (non-hydrogen) atoms. The number of hydrogen-bond donors (Lipinski definition) is 0. The summed E-state index contributed by atoms with van der Waals surface area (Å²) in [6, 6.07) is 32.8. The van der Waals surface area contributed by atoms with Crippen LogP contribution in [-0.2, 0) is 0 Å². The molecule has 0 aliphatic rings. The van der Waals surface area contributed by atoms with Crippen LogP contribution in [-0.4, -0.2) is 20.5 Å². The van der Waals surface area contributed by atoms with E-state index in [1.54, 1.807) is 25.6 Å². The highest BCUT2D eigenvalue weighted by molar-refractivity contribution is 7.24. The molecule has 0 aliphatic heterocycles. The minimum atomic E-state index is 0.747. The standard InChI is InChI=1S/C29H23NO3S2/c1-32-24-11-7-22(8-12-24)30(23-9-13-25(33-2)14-10-23)21-5-3-20(4-6-21)27-17-18-29(35-27)28-16-15-26(19-31)34-28/h3-19H,1-2H3. The summed E-state index contributed by atoms with van der Waals surface area (Å²) in [5.41, 5.74) is 4.27. The third-order valence-electron chi connectivity index (χ3n) is 5.66. The molecule has 5 aromatic rings. The zero-order chi connectivity index (χ0) is 24.2. The van der Waals surface area contributed by atoms with Crippen LogP contribution in [0.1, 0.15) is 9.67 Å². The molecule has 0 unspecified atom stereocenters.